The van der Waals surface area contributed by atoms with Gasteiger partial charge in [0.25, 0.3) is 17.5 Å². The molecule has 0 unspecified atom stereocenters. The summed E-state index contributed by atoms with van der Waals surface area (Å²) in [6, 6.07) is 10.2. The standard InChI is InChI=1S/C18H19N3O5/c1-3-10-19-17(22)12-4-6-13(7-5-12)20-18(23)15-11-14(26-2)8-9-16(15)21(24)25/h4-9,11H,3,10H2,1-2H3,(H,19,22)(H,20,23). The van der Waals surface area contributed by atoms with Crippen LogP contribution in [0.1, 0.15) is 34.1 Å². The maximum Gasteiger partial charge on any atom is 0.282 e. The van der Waals surface area contributed by atoms with E-state index in [4.69, 9.17) is 4.74 Å². The number of rotatable bonds is 7. The van der Waals surface area contributed by atoms with Gasteiger partial charge in [0.2, 0.25) is 0 Å². The van der Waals surface area contributed by atoms with Gasteiger partial charge in [0.15, 0.2) is 0 Å². The molecule has 2 amide bonds. The number of methoxy groups -OCH3 is 1. The molecule has 2 rings (SSSR count). The van der Waals surface area contributed by atoms with Crippen LogP contribution in [-0.2, 0) is 0 Å². The first-order chi connectivity index (χ1) is 12.5. The topological polar surface area (TPSA) is 111 Å². The molecule has 2 aromatic carbocycles. The summed E-state index contributed by atoms with van der Waals surface area (Å²) in [7, 11) is 1.41. The van der Waals surface area contributed by atoms with Crippen molar-refractivity contribution in [2.45, 2.75) is 13.3 Å². The largest absolute Gasteiger partial charge is 0.497 e. The van der Waals surface area contributed by atoms with Gasteiger partial charge in [-0.1, -0.05) is 6.92 Å². The van der Waals surface area contributed by atoms with Gasteiger partial charge in [0.05, 0.1) is 12.0 Å². The maximum absolute atomic E-state index is 12.4. The van der Waals surface area contributed by atoms with Gasteiger partial charge in [-0.15, -0.1) is 0 Å². The third-order valence-corrected chi connectivity index (χ3v) is 3.59. The molecule has 136 valence electrons. The summed E-state index contributed by atoms with van der Waals surface area (Å²) in [5.41, 5.74) is 0.445. The molecule has 0 atom stereocenters. The summed E-state index contributed by atoms with van der Waals surface area (Å²) in [6.45, 7) is 2.54. The van der Waals surface area contributed by atoms with Gasteiger partial charge in [-0.25, -0.2) is 0 Å². The smallest absolute Gasteiger partial charge is 0.282 e. The van der Waals surface area contributed by atoms with Crippen LogP contribution in [0, 0.1) is 10.1 Å². The summed E-state index contributed by atoms with van der Waals surface area (Å²) >= 11 is 0. The second-order valence-electron chi connectivity index (χ2n) is 5.43. The van der Waals surface area contributed by atoms with Gasteiger partial charge >= 0.3 is 0 Å². The Morgan fingerprint density at radius 2 is 1.81 bits per heavy atom. The van der Waals surface area contributed by atoms with Crippen molar-refractivity contribution in [1.82, 2.24) is 5.32 Å². The monoisotopic (exact) mass is 357 g/mol. The van der Waals surface area contributed by atoms with Gasteiger partial charge in [-0.05, 0) is 42.8 Å². The van der Waals surface area contributed by atoms with E-state index in [1.54, 1.807) is 24.3 Å². The number of carbonyl (C=O) groups is 2. The normalized spacial score (nSPS) is 10.1. The lowest BCUT2D eigenvalue weighted by atomic mass is 10.1. The molecule has 2 aromatic rings. The lowest BCUT2D eigenvalue weighted by molar-refractivity contribution is -0.385. The summed E-state index contributed by atoms with van der Waals surface area (Å²) < 4.78 is 5.02. The molecule has 2 N–H and O–H groups in total. The number of nitro groups is 1. The highest BCUT2D eigenvalue weighted by Gasteiger charge is 2.21. The number of hydrogen-bond donors (Lipinski definition) is 2. The molecule has 8 heteroatoms. The third-order valence-electron chi connectivity index (χ3n) is 3.59. The molecule has 0 bridgehead atoms. The zero-order chi connectivity index (χ0) is 19.1. The highest BCUT2D eigenvalue weighted by atomic mass is 16.6. The van der Waals surface area contributed by atoms with Crippen LogP contribution in [0.2, 0.25) is 0 Å². The van der Waals surface area contributed by atoms with Crippen LogP contribution in [0.5, 0.6) is 5.75 Å². The molecule has 0 aliphatic heterocycles. The Morgan fingerprint density at radius 1 is 1.12 bits per heavy atom. The summed E-state index contributed by atoms with van der Waals surface area (Å²) in [4.78, 5) is 34.8. The molecule has 0 aromatic heterocycles. The van der Waals surface area contributed by atoms with Crippen molar-refractivity contribution in [1.29, 1.82) is 0 Å². The van der Waals surface area contributed by atoms with E-state index < -0.39 is 10.8 Å². The predicted octanol–water partition coefficient (Wildman–Crippen LogP) is 3.00. The quantitative estimate of drug-likeness (QED) is 0.584. The molecule has 0 radical (unpaired) electrons. The first kappa shape index (κ1) is 18.9. The minimum atomic E-state index is -0.640. The van der Waals surface area contributed by atoms with Crippen LogP contribution in [0.3, 0.4) is 0 Å². The molecular formula is C18H19N3O5. The van der Waals surface area contributed by atoms with Crippen LogP contribution < -0.4 is 15.4 Å². The van der Waals surface area contributed by atoms with Crippen LogP contribution in [-0.4, -0.2) is 30.4 Å². The van der Waals surface area contributed by atoms with E-state index >= 15 is 0 Å². The molecule has 0 aliphatic rings. The SMILES string of the molecule is CCCNC(=O)c1ccc(NC(=O)c2cc(OC)ccc2[N+](=O)[O-])cc1. The van der Waals surface area contributed by atoms with E-state index in [1.165, 1.54) is 25.3 Å². The third kappa shape index (κ3) is 4.56. The number of benzene rings is 2. The molecule has 26 heavy (non-hydrogen) atoms. The highest BCUT2D eigenvalue weighted by Crippen LogP contribution is 2.25. The van der Waals surface area contributed by atoms with Crippen molar-refractivity contribution in [3.63, 3.8) is 0 Å². The van der Waals surface area contributed by atoms with E-state index in [-0.39, 0.29) is 17.2 Å². The van der Waals surface area contributed by atoms with Gasteiger partial charge in [-0.3, -0.25) is 19.7 Å². The summed E-state index contributed by atoms with van der Waals surface area (Å²) in [6.07, 6.45) is 0.833. The van der Waals surface area contributed by atoms with Crippen LogP contribution in [0.4, 0.5) is 11.4 Å². The fraction of sp³-hybridized carbons (Fsp3) is 0.222. The predicted molar refractivity (Wildman–Crippen MR) is 96.7 cm³/mol. The fourth-order valence-corrected chi connectivity index (χ4v) is 2.23. The Morgan fingerprint density at radius 3 is 2.38 bits per heavy atom. The average Bonchev–Trinajstić information content (AvgIpc) is 2.65. The number of nitrogens with one attached hydrogen (secondary N) is 2. The van der Waals surface area contributed by atoms with Gasteiger partial charge in [0.1, 0.15) is 11.3 Å². The lowest BCUT2D eigenvalue weighted by Crippen LogP contribution is -2.23. The number of nitrogens with zero attached hydrogens (tertiary/aromatic N) is 1. The molecule has 0 fully saturated rings. The Bertz CT molecular complexity index is 818. The second kappa shape index (κ2) is 8.61. The fourth-order valence-electron chi connectivity index (χ4n) is 2.23. The van der Waals surface area contributed by atoms with Crippen molar-refractivity contribution in [2.24, 2.45) is 0 Å². The number of nitro benzene ring substituents is 1. The number of carbonyl (C=O) groups excluding carboxylic acids is 2. The lowest BCUT2D eigenvalue weighted by Gasteiger charge is -2.08. The van der Waals surface area contributed by atoms with E-state index in [0.717, 1.165) is 6.42 Å². The first-order valence-corrected chi connectivity index (χ1v) is 7.98. The van der Waals surface area contributed by atoms with Crippen LogP contribution in [0.25, 0.3) is 0 Å². The van der Waals surface area contributed by atoms with E-state index in [0.29, 0.717) is 23.5 Å². The van der Waals surface area contributed by atoms with Crippen molar-refractivity contribution in [3.8, 4) is 5.75 Å². The maximum atomic E-state index is 12.4. The number of hydrogen-bond acceptors (Lipinski definition) is 5. The van der Waals surface area contributed by atoms with E-state index in [1.807, 2.05) is 6.92 Å². The van der Waals surface area contributed by atoms with Crippen molar-refractivity contribution >= 4 is 23.2 Å². The van der Waals surface area contributed by atoms with Crippen molar-refractivity contribution in [2.75, 3.05) is 19.0 Å². The first-order valence-electron chi connectivity index (χ1n) is 7.98. The molecule has 0 saturated carbocycles. The Hall–Kier alpha value is -3.42. The van der Waals surface area contributed by atoms with E-state index in [9.17, 15) is 19.7 Å². The minimum absolute atomic E-state index is 0.112. The zero-order valence-electron chi connectivity index (χ0n) is 14.4. The van der Waals surface area contributed by atoms with E-state index in [2.05, 4.69) is 10.6 Å². The molecule has 0 spiro atoms. The highest BCUT2D eigenvalue weighted by molar-refractivity contribution is 6.07. The number of ether oxygens (including phenoxy) is 1. The van der Waals surface area contributed by atoms with Gasteiger partial charge < -0.3 is 15.4 Å². The molecule has 0 heterocycles. The van der Waals surface area contributed by atoms with Crippen LogP contribution >= 0.6 is 0 Å². The average molecular weight is 357 g/mol. The summed E-state index contributed by atoms with van der Waals surface area (Å²) in [5.74, 6) is -0.504. The Kier molecular flexibility index (Phi) is 6.26. The van der Waals surface area contributed by atoms with Crippen molar-refractivity contribution in [3.05, 3.63) is 63.7 Å². The Labute approximate surface area is 150 Å². The van der Waals surface area contributed by atoms with Crippen molar-refractivity contribution < 1.29 is 19.2 Å². The number of anilines is 1. The zero-order valence-corrected chi connectivity index (χ0v) is 14.4. The summed E-state index contributed by atoms with van der Waals surface area (Å²) in [5, 5.41) is 16.5. The minimum Gasteiger partial charge on any atom is -0.497 e. The van der Waals surface area contributed by atoms with Gasteiger partial charge in [-0.2, -0.15) is 0 Å². The number of amides is 2. The molecule has 0 saturated heterocycles. The Balaban J connectivity index is 2.17. The van der Waals surface area contributed by atoms with Gasteiger partial charge in [0, 0.05) is 23.9 Å². The van der Waals surface area contributed by atoms with Crippen LogP contribution in [0.15, 0.2) is 42.5 Å². The second-order valence-corrected chi connectivity index (χ2v) is 5.43. The molecular weight excluding hydrogens is 338 g/mol. The molecule has 8 nitrogen and oxygen atoms in total. The molecule has 0 aliphatic carbocycles.